The summed E-state index contributed by atoms with van der Waals surface area (Å²) in [4.78, 5) is 14.7. The molecule has 1 unspecified atom stereocenters. The Labute approximate surface area is 128 Å². The molecule has 1 heterocycles. The Balaban J connectivity index is 1.81. The molecule has 116 valence electrons. The molecule has 0 bridgehead atoms. The third kappa shape index (κ3) is 5.88. The van der Waals surface area contributed by atoms with E-state index in [1.54, 1.807) is 0 Å². The molecule has 0 aromatic heterocycles. The van der Waals surface area contributed by atoms with E-state index in [2.05, 4.69) is 17.1 Å². The van der Waals surface area contributed by atoms with E-state index in [1.165, 1.54) is 38.8 Å². The molecule has 1 N–H and O–H groups in total. The van der Waals surface area contributed by atoms with Crippen LogP contribution in [0.15, 0.2) is 30.3 Å². The van der Waals surface area contributed by atoms with E-state index >= 15 is 0 Å². The van der Waals surface area contributed by atoms with Gasteiger partial charge in [0, 0.05) is 12.6 Å². The van der Waals surface area contributed by atoms with Gasteiger partial charge in [-0.15, -0.1) is 0 Å². The molecular formula is C18H28N2O. The van der Waals surface area contributed by atoms with Gasteiger partial charge in [-0.2, -0.15) is 0 Å². The SMILES string of the molecule is CCCCN1CCCCC(NC(=O)Cc2ccccc2)C1. The van der Waals surface area contributed by atoms with Crippen LogP contribution >= 0.6 is 0 Å². The van der Waals surface area contributed by atoms with Gasteiger partial charge in [0.05, 0.1) is 6.42 Å². The van der Waals surface area contributed by atoms with E-state index in [0.717, 1.165) is 18.5 Å². The number of likely N-dealkylation sites (tertiary alicyclic amines) is 1. The third-order valence-electron chi connectivity index (χ3n) is 4.16. The van der Waals surface area contributed by atoms with E-state index in [0.29, 0.717) is 12.5 Å². The van der Waals surface area contributed by atoms with Crippen molar-refractivity contribution < 1.29 is 4.79 Å². The zero-order valence-electron chi connectivity index (χ0n) is 13.2. The Bertz CT molecular complexity index is 418. The van der Waals surface area contributed by atoms with E-state index in [-0.39, 0.29) is 5.91 Å². The average molecular weight is 288 g/mol. The molecule has 3 nitrogen and oxygen atoms in total. The van der Waals surface area contributed by atoms with Gasteiger partial charge in [-0.05, 0) is 37.9 Å². The van der Waals surface area contributed by atoms with Crippen LogP contribution in [0.4, 0.5) is 0 Å². The second-order valence-corrected chi connectivity index (χ2v) is 6.08. The molecule has 1 saturated heterocycles. The number of unbranched alkanes of at least 4 members (excludes halogenated alkanes) is 1. The maximum absolute atomic E-state index is 12.2. The normalized spacial score (nSPS) is 20.0. The van der Waals surface area contributed by atoms with E-state index < -0.39 is 0 Å². The monoisotopic (exact) mass is 288 g/mol. The molecule has 1 aromatic carbocycles. The van der Waals surface area contributed by atoms with Crippen LogP contribution in [-0.4, -0.2) is 36.5 Å². The summed E-state index contributed by atoms with van der Waals surface area (Å²) in [5, 5.41) is 3.23. The average Bonchev–Trinajstić information content (AvgIpc) is 2.71. The lowest BCUT2D eigenvalue weighted by molar-refractivity contribution is -0.121. The van der Waals surface area contributed by atoms with Crippen LogP contribution in [0.1, 0.15) is 44.6 Å². The number of rotatable bonds is 6. The van der Waals surface area contributed by atoms with E-state index in [4.69, 9.17) is 0 Å². The number of nitrogens with one attached hydrogen (secondary N) is 1. The van der Waals surface area contributed by atoms with Crippen molar-refractivity contribution in [2.75, 3.05) is 19.6 Å². The predicted molar refractivity (Wildman–Crippen MR) is 87.3 cm³/mol. The first kappa shape index (κ1) is 16.0. The van der Waals surface area contributed by atoms with Crippen molar-refractivity contribution in [3.63, 3.8) is 0 Å². The fraction of sp³-hybridized carbons (Fsp3) is 0.611. The van der Waals surface area contributed by atoms with Gasteiger partial charge in [-0.3, -0.25) is 4.79 Å². The molecule has 1 atom stereocenters. The largest absolute Gasteiger partial charge is 0.352 e. The first-order valence-corrected chi connectivity index (χ1v) is 8.33. The molecule has 1 aliphatic heterocycles. The van der Waals surface area contributed by atoms with Gasteiger partial charge in [-0.1, -0.05) is 50.1 Å². The molecule has 2 rings (SSSR count). The quantitative estimate of drug-likeness (QED) is 0.873. The Kier molecular flexibility index (Phi) is 6.74. The van der Waals surface area contributed by atoms with Gasteiger partial charge < -0.3 is 10.2 Å². The second-order valence-electron chi connectivity index (χ2n) is 6.08. The molecule has 1 amide bonds. The first-order chi connectivity index (χ1) is 10.3. The van der Waals surface area contributed by atoms with Crippen molar-refractivity contribution in [3.8, 4) is 0 Å². The second kappa shape index (κ2) is 8.83. The van der Waals surface area contributed by atoms with Crippen molar-refractivity contribution in [2.45, 2.75) is 51.5 Å². The van der Waals surface area contributed by atoms with Crippen molar-refractivity contribution in [3.05, 3.63) is 35.9 Å². The van der Waals surface area contributed by atoms with Crippen LogP contribution in [0, 0.1) is 0 Å². The molecule has 0 aliphatic carbocycles. The summed E-state index contributed by atoms with van der Waals surface area (Å²) in [6.45, 7) is 5.60. The van der Waals surface area contributed by atoms with Gasteiger partial charge >= 0.3 is 0 Å². The molecule has 0 spiro atoms. The minimum atomic E-state index is 0.156. The minimum Gasteiger partial charge on any atom is -0.352 e. The molecule has 1 aromatic rings. The van der Waals surface area contributed by atoms with Crippen molar-refractivity contribution >= 4 is 5.91 Å². The Hall–Kier alpha value is -1.35. The molecule has 3 heteroatoms. The summed E-state index contributed by atoms with van der Waals surface area (Å²) in [5.74, 6) is 0.156. The zero-order valence-corrected chi connectivity index (χ0v) is 13.2. The Morgan fingerprint density at radius 1 is 1.29 bits per heavy atom. The summed E-state index contributed by atoms with van der Waals surface area (Å²) in [6.07, 6.45) is 6.58. The molecule has 0 saturated carbocycles. The van der Waals surface area contributed by atoms with Crippen LogP contribution < -0.4 is 5.32 Å². The summed E-state index contributed by atoms with van der Waals surface area (Å²) < 4.78 is 0. The van der Waals surface area contributed by atoms with Crippen LogP contribution in [0.3, 0.4) is 0 Å². The summed E-state index contributed by atoms with van der Waals surface area (Å²) >= 11 is 0. The Morgan fingerprint density at radius 3 is 2.86 bits per heavy atom. The fourth-order valence-electron chi connectivity index (χ4n) is 2.98. The number of amides is 1. The first-order valence-electron chi connectivity index (χ1n) is 8.33. The zero-order chi connectivity index (χ0) is 14.9. The van der Waals surface area contributed by atoms with Gasteiger partial charge in [0.15, 0.2) is 0 Å². The fourth-order valence-corrected chi connectivity index (χ4v) is 2.98. The van der Waals surface area contributed by atoms with Gasteiger partial charge in [0.2, 0.25) is 5.91 Å². The Morgan fingerprint density at radius 2 is 2.10 bits per heavy atom. The lowest BCUT2D eigenvalue weighted by Crippen LogP contribution is -2.43. The highest BCUT2D eigenvalue weighted by atomic mass is 16.1. The van der Waals surface area contributed by atoms with Gasteiger partial charge in [0.1, 0.15) is 0 Å². The van der Waals surface area contributed by atoms with Crippen LogP contribution in [0.2, 0.25) is 0 Å². The number of hydrogen-bond acceptors (Lipinski definition) is 2. The molecule has 1 fully saturated rings. The number of carbonyl (C=O) groups is 1. The van der Waals surface area contributed by atoms with E-state index in [9.17, 15) is 4.79 Å². The van der Waals surface area contributed by atoms with Crippen molar-refractivity contribution in [1.29, 1.82) is 0 Å². The molecule has 1 aliphatic rings. The predicted octanol–water partition coefficient (Wildman–Crippen LogP) is 3.00. The molecule has 21 heavy (non-hydrogen) atoms. The van der Waals surface area contributed by atoms with Crippen LogP contribution in [0.25, 0.3) is 0 Å². The summed E-state index contributed by atoms with van der Waals surface area (Å²) in [6, 6.07) is 10.3. The number of hydrogen-bond donors (Lipinski definition) is 1. The molecular weight excluding hydrogens is 260 g/mol. The maximum atomic E-state index is 12.2. The summed E-state index contributed by atoms with van der Waals surface area (Å²) in [7, 11) is 0. The van der Waals surface area contributed by atoms with Gasteiger partial charge in [-0.25, -0.2) is 0 Å². The maximum Gasteiger partial charge on any atom is 0.224 e. The van der Waals surface area contributed by atoms with Gasteiger partial charge in [0.25, 0.3) is 0 Å². The standard InChI is InChI=1S/C18H28N2O/c1-2-3-12-20-13-8-7-11-17(15-20)19-18(21)14-16-9-5-4-6-10-16/h4-6,9-10,17H,2-3,7-8,11-15H2,1H3,(H,19,21). The summed E-state index contributed by atoms with van der Waals surface area (Å²) in [5.41, 5.74) is 1.09. The minimum absolute atomic E-state index is 0.156. The van der Waals surface area contributed by atoms with Crippen molar-refractivity contribution in [1.82, 2.24) is 10.2 Å². The number of nitrogens with zero attached hydrogens (tertiary/aromatic N) is 1. The topological polar surface area (TPSA) is 32.3 Å². The number of benzene rings is 1. The van der Waals surface area contributed by atoms with Crippen molar-refractivity contribution in [2.24, 2.45) is 0 Å². The lowest BCUT2D eigenvalue weighted by Gasteiger charge is -2.24. The van der Waals surface area contributed by atoms with Crippen LogP contribution in [-0.2, 0) is 11.2 Å². The molecule has 0 radical (unpaired) electrons. The van der Waals surface area contributed by atoms with Crippen LogP contribution in [0.5, 0.6) is 0 Å². The smallest absolute Gasteiger partial charge is 0.224 e. The third-order valence-corrected chi connectivity index (χ3v) is 4.16. The lowest BCUT2D eigenvalue weighted by atomic mass is 10.1. The highest BCUT2D eigenvalue weighted by molar-refractivity contribution is 5.78. The number of carbonyl (C=O) groups excluding carboxylic acids is 1. The van der Waals surface area contributed by atoms with E-state index in [1.807, 2.05) is 30.3 Å². The highest BCUT2D eigenvalue weighted by Gasteiger charge is 2.19. The highest BCUT2D eigenvalue weighted by Crippen LogP contribution is 2.12.